The van der Waals surface area contributed by atoms with E-state index >= 15 is 0 Å². The van der Waals surface area contributed by atoms with Gasteiger partial charge in [0.05, 0.1) is 6.54 Å². The number of aromatic amines is 1. The molecule has 0 aliphatic heterocycles. The van der Waals surface area contributed by atoms with Gasteiger partial charge in [0.2, 0.25) is 5.82 Å². The maximum absolute atomic E-state index is 12.2. The Bertz CT molecular complexity index is 1030. The van der Waals surface area contributed by atoms with Crippen molar-refractivity contribution in [1.82, 2.24) is 31.1 Å². The van der Waals surface area contributed by atoms with Crippen LogP contribution in [-0.2, 0) is 11.3 Å². The first kappa shape index (κ1) is 21.7. The fourth-order valence-corrected chi connectivity index (χ4v) is 3.02. The van der Waals surface area contributed by atoms with Crippen LogP contribution in [-0.4, -0.2) is 60.4 Å². The van der Waals surface area contributed by atoms with Crippen LogP contribution in [0.5, 0.6) is 0 Å². The Morgan fingerprint density at radius 3 is 2.53 bits per heavy atom. The van der Waals surface area contributed by atoms with Crippen molar-refractivity contribution in [2.45, 2.75) is 12.6 Å². The summed E-state index contributed by atoms with van der Waals surface area (Å²) in [7, 11) is 0. The fourth-order valence-electron chi connectivity index (χ4n) is 2.62. The largest absolute Gasteiger partial charge is 0.479 e. The topological polar surface area (TPSA) is 144 Å². The van der Waals surface area contributed by atoms with E-state index in [-0.39, 0.29) is 18.9 Å². The molecule has 1 amide bonds. The van der Waals surface area contributed by atoms with E-state index in [1.165, 1.54) is 5.01 Å². The second-order valence-corrected chi connectivity index (χ2v) is 7.09. The molecule has 10 nitrogen and oxygen atoms in total. The van der Waals surface area contributed by atoms with Gasteiger partial charge in [-0.2, -0.15) is 0 Å². The number of hydrogen-bond acceptors (Lipinski definition) is 7. The van der Waals surface area contributed by atoms with Crippen molar-refractivity contribution in [3.63, 3.8) is 0 Å². The number of aliphatic carboxylic acids is 1. The zero-order chi connectivity index (χ0) is 21.7. The molecule has 0 fully saturated rings. The van der Waals surface area contributed by atoms with Crippen molar-refractivity contribution < 1.29 is 19.8 Å². The molecule has 1 heterocycles. The van der Waals surface area contributed by atoms with Gasteiger partial charge in [-0.1, -0.05) is 47.5 Å². The molecule has 12 heteroatoms. The molecule has 1 aromatic heterocycles. The lowest BCUT2D eigenvalue weighted by molar-refractivity contribution is -0.148. The molecule has 156 valence electrons. The highest BCUT2D eigenvalue weighted by Crippen LogP contribution is 2.30. The van der Waals surface area contributed by atoms with E-state index in [9.17, 15) is 14.7 Å². The van der Waals surface area contributed by atoms with Crippen LogP contribution in [0.15, 0.2) is 42.5 Å². The summed E-state index contributed by atoms with van der Waals surface area (Å²) in [4.78, 5) is 23.2. The van der Waals surface area contributed by atoms with Crippen LogP contribution < -0.4 is 5.43 Å². The van der Waals surface area contributed by atoms with Gasteiger partial charge in [-0.25, -0.2) is 14.9 Å². The first-order chi connectivity index (χ1) is 14.3. The van der Waals surface area contributed by atoms with E-state index in [0.29, 0.717) is 10.0 Å². The molecule has 0 aliphatic rings. The third kappa shape index (κ3) is 5.51. The molecule has 0 spiro atoms. The second kappa shape index (κ2) is 9.63. The molecule has 3 aromatic rings. The van der Waals surface area contributed by atoms with E-state index in [4.69, 9.17) is 28.3 Å². The number of carboxylic acid groups (broad SMARTS) is 1. The number of carbonyl (C=O) groups excluding carboxylic acids is 1. The number of carbonyl (C=O) groups is 2. The maximum atomic E-state index is 12.2. The summed E-state index contributed by atoms with van der Waals surface area (Å²) < 4.78 is 0. The van der Waals surface area contributed by atoms with Gasteiger partial charge in [-0.05, 0) is 39.8 Å². The molecule has 2 aromatic carbocycles. The lowest BCUT2D eigenvalue weighted by Crippen LogP contribution is -2.47. The lowest BCUT2D eigenvalue weighted by Gasteiger charge is -2.24. The molecule has 4 N–H and O–H groups in total. The Morgan fingerprint density at radius 1 is 1.17 bits per heavy atom. The third-order valence-electron chi connectivity index (χ3n) is 4.07. The van der Waals surface area contributed by atoms with Gasteiger partial charge in [0.15, 0.2) is 6.10 Å². The minimum absolute atomic E-state index is 0.112. The van der Waals surface area contributed by atoms with Gasteiger partial charge < -0.3 is 10.2 Å². The van der Waals surface area contributed by atoms with Crippen LogP contribution >= 0.6 is 23.2 Å². The van der Waals surface area contributed by atoms with Gasteiger partial charge in [0.25, 0.3) is 0 Å². The van der Waals surface area contributed by atoms with Crippen molar-refractivity contribution in [1.29, 1.82) is 0 Å². The quantitative estimate of drug-likeness (QED) is 0.380. The molecule has 0 unspecified atom stereocenters. The van der Waals surface area contributed by atoms with Crippen molar-refractivity contribution in [3.8, 4) is 11.1 Å². The number of nitrogens with zero attached hydrogens (tertiary/aromatic N) is 4. The molecule has 1 atom stereocenters. The zero-order valence-electron chi connectivity index (χ0n) is 15.3. The van der Waals surface area contributed by atoms with Gasteiger partial charge in [0, 0.05) is 22.2 Å². The minimum Gasteiger partial charge on any atom is -0.479 e. The number of hydrogen-bond donors (Lipinski definition) is 4. The molecule has 30 heavy (non-hydrogen) atoms. The highest BCUT2D eigenvalue weighted by atomic mass is 35.5. The average molecular weight is 451 g/mol. The van der Waals surface area contributed by atoms with Crippen LogP contribution in [0.4, 0.5) is 0 Å². The van der Waals surface area contributed by atoms with Crippen LogP contribution in [0.25, 0.3) is 11.1 Å². The highest BCUT2D eigenvalue weighted by molar-refractivity contribution is 6.35. The second-order valence-electron chi connectivity index (χ2n) is 6.25. The van der Waals surface area contributed by atoms with E-state index in [1.807, 2.05) is 12.1 Å². The number of aromatic nitrogens is 4. The summed E-state index contributed by atoms with van der Waals surface area (Å²) >= 11 is 12.3. The summed E-state index contributed by atoms with van der Waals surface area (Å²) in [5.74, 6) is -2.25. The number of benzene rings is 2. The first-order valence-electron chi connectivity index (χ1n) is 8.58. The van der Waals surface area contributed by atoms with Gasteiger partial charge >= 0.3 is 11.9 Å². The normalized spacial score (nSPS) is 12.0. The number of aliphatic hydroxyl groups excluding tert-OH is 1. The molecular formula is C18H16Cl2N6O4. The summed E-state index contributed by atoms with van der Waals surface area (Å²) in [6.45, 7) is -0.244. The number of halogens is 2. The Hall–Kier alpha value is -3.05. The standard InChI is InChI=1S/C18H16Cl2N6O4/c19-12-5-6-14(20)13(7-12)11-3-1-10(2-4-11)8-26(9-15(27)18(29)30)23-17(28)16-21-24-25-22-16/h1-7,15,27H,8-9H2,(H,23,28)(H,29,30)(H,21,22,24,25)/t15-/m1/s1. The molecule has 0 aliphatic carbocycles. The number of rotatable bonds is 8. The molecule has 0 radical (unpaired) electrons. The van der Waals surface area contributed by atoms with Crippen molar-refractivity contribution in [2.24, 2.45) is 0 Å². The number of H-pyrrole nitrogens is 1. The Labute approximate surface area is 180 Å². The number of nitrogens with one attached hydrogen (secondary N) is 2. The first-order valence-corrected chi connectivity index (χ1v) is 9.34. The predicted molar refractivity (Wildman–Crippen MR) is 108 cm³/mol. The predicted octanol–water partition coefficient (Wildman–Crippen LogP) is 1.77. The highest BCUT2D eigenvalue weighted by Gasteiger charge is 2.21. The molecule has 0 saturated carbocycles. The minimum atomic E-state index is -1.71. The van der Waals surface area contributed by atoms with Crippen LogP contribution in [0, 0.1) is 0 Å². The summed E-state index contributed by atoms with van der Waals surface area (Å²) in [6.07, 6.45) is -1.71. The summed E-state index contributed by atoms with van der Waals surface area (Å²) in [5, 5.41) is 33.5. The lowest BCUT2D eigenvalue weighted by atomic mass is 10.0. The SMILES string of the molecule is O=C(NN(Cc1ccc(-c2cc(Cl)ccc2Cl)cc1)C[C@@H](O)C(=O)O)c1nnn[nH]1. The molecule has 0 bridgehead atoms. The maximum Gasteiger partial charge on any atom is 0.333 e. The van der Waals surface area contributed by atoms with Gasteiger partial charge in [-0.15, -0.1) is 5.10 Å². The summed E-state index contributed by atoms with van der Waals surface area (Å²) in [5.41, 5.74) is 4.81. The third-order valence-corrected chi connectivity index (χ3v) is 4.63. The van der Waals surface area contributed by atoms with Crippen molar-refractivity contribution >= 4 is 35.1 Å². The molecular weight excluding hydrogens is 435 g/mol. The van der Waals surface area contributed by atoms with E-state index in [1.54, 1.807) is 30.3 Å². The van der Waals surface area contributed by atoms with E-state index < -0.39 is 18.0 Å². The number of hydrazine groups is 1. The smallest absolute Gasteiger partial charge is 0.333 e. The number of carboxylic acids is 1. The van der Waals surface area contributed by atoms with Crippen LogP contribution in [0.1, 0.15) is 16.2 Å². The number of aliphatic hydroxyl groups is 1. The fraction of sp³-hybridized carbons (Fsp3) is 0.167. The van der Waals surface area contributed by atoms with Crippen LogP contribution in [0.2, 0.25) is 10.0 Å². The van der Waals surface area contributed by atoms with Gasteiger partial charge in [-0.3, -0.25) is 10.2 Å². The van der Waals surface area contributed by atoms with Gasteiger partial charge in [0.1, 0.15) is 0 Å². The van der Waals surface area contributed by atoms with Crippen molar-refractivity contribution in [2.75, 3.05) is 6.54 Å². The molecule has 0 saturated heterocycles. The number of tetrazole rings is 1. The Balaban J connectivity index is 1.76. The number of amides is 1. The van der Waals surface area contributed by atoms with Crippen molar-refractivity contribution in [3.05, 3.63) is 63.9 Å². The Kier molecular flexibility index (Phi) is 6.95. The van der Waals surface area contributed by atoms with E-state index in [0.717, 1.165) is 16.7 Å². The monoisotopic (exact) mass is 450 g/mol. The molecule has 3 rings (SSSR count). The average Bonchev–Trinajstić information content (AvgIpc) is 3.25. The van der Waals surface area contributed by atoms with E-state index in [2.05, 4.69) is 26.0 Å². The zero-order valence-corrected chi connectivity index (χ0v) is 16.8. The van der Waals surface area contributed by atoms with Crippen LogP contribution in [0.3, 0.4) is 0 Å². The summed E-state index contributed by atoms with van der Waals surface area (Å²) in [6, 6.07) is 12.4. The Morgan fingerprint density at radius 2 is 1.90 bits per heavy atom.